The molecule has 0 unspecified atom stereocenters. The van der Waals surface area contributed by atoms with Crippen molar-refractivity contribution in [2.75, 3.05) is 11.9 Å². The van der Waals surface area contributed by atoms with Crippen molar-refractivity contribution >= 4 is 11.6 Å². The molecule has 0 spiro atoms. The van der Waals surface area contributed by atoms with E-state index in [1.54, 1.807) is 6.33 Å². The Bertz CT molecular complexity index is 649. The zero-order valence-corrected chi connectivity index (χ0v) is 12.1. The lowest BCUT2D eigenvalue weighted by Gasteiger charge is -2.18. The summed E-state index contributed by atoms with van der Waals surface area (Å²) in [6, 6.07) is 5.82. The predicted octanol–water partition coefficient (Wildman–Crippen LogP) is 1.59. The van der Waals surface area contributed by atoms with Gasteiger partial charge in [0.25, 0.3) is 5.91 Å². The maximum atomic E-state index is 12.2. The van der Waals surface area contributed by atoms with E-state index in [0.717, 1.165) is 37.4 Å². The fourth-order valence-electron chi connectivity index (χ4n) is 2.56. The molecule has 2 N–H and O–H groups in total. The van der Waals surface area contributed by atoms with E-state index >= 15 is 0 Å². The quantitative estimate of drug-likeness (QED) is 0.895. The number of rotatable bonds is 4. The summed E-state index contributed by atoms with van der Waals surface area (Å²) < 4.78 is 1.91. The van der Waals surface area contributed by atoms with Crippen LogP contribution in [0.1, 0.15) is 35.1 Å². The van der Waals surface area contributed by atoms with Gasteiger partial charge in [0, 0.05) is 24.3 Å². The third-order valence-corrected chi connectivity index (χ3v) is 3.75. The molecule has 1 aromatic carbocycles. The van der Waals surface area contributed by atoms with Crippen LogP contribution in [0.15, 0.2) is 24.5 Å². The van der Waals surface area contributed by atoms with E-state index in [-0.39, 0.29) is 5.91 Å². The van der Waals surface area contributed by atoms with E-state index in [1.165, 1.54) is 5.56 Å². The fraction of sp³-hybridized carbons (Fsp3) is 0.400. The topological polar surface area (TPSA) is 71.8 Å². The largest absolute Gasteiger partial charge is 0.385 e. The number of carbonyl (C=O) groups is 1. The SMILES string of the molecule is CCn1cnnc1CNC(=O)c1ccc2c(c1)CCCN2. The first-order valence-corrected chi connectivity index (χ1v) is 7.29. The number of amides is 1. The van der Waals surface area contributed by atoms with E-state index in [9.17, 15) is 4.79 Å². The molecule has 1 amide bonds. The minimum Gasteiger partial charge on any atom is -0.385 e. The Labute approximate surface area is 123 Å². The summed E-state index contributed by atoms with van der Waals surface area (Å²) in [5.74, 6) is 0.694. The molecule has 1 aromatic heterocycles. The minimum absolute atomic E-state index is 0.0750. The van der Waals surface area contributed by atoms with Crippen molar-refractivity contribution in [2.45, 2.75) is 32.9 Å². The second-order valence-electron chi connectivity index (χ2n) is 5.12. The number of benzene rings is 1. The van der Waals surface area contributed by atoms with Crippen LogP contribution < -0.4 is 10.6 Å². The molecule has 0 bridgehead atoms. The van der Waals surface area contributed by atoms with E-state index in [0.29, 0.717) is 12.1 Å². The van der Waals surface area contributed by atoms with E-state index in [2.05, 4.69) is 20.8 Å². The minimum atomic E-state index is -0.0750. The molecule has 6 heteroatoms. The number of anilines is 1. The Morgan fingerprint density at radius 1 is 1.48 bits per heavy atom. The maximum absolute atomic E-state index is 12.2. The van der Waals surface area contributed by atoms with Crippen molar-refractivity contribution in [3.8, 4) is 0 Å². The molecule has 0 radical (unpaired) electrons. The molecule has 3 rings (SSSR count). The molecule has 2 heterocycles. The molecule has 0 saturated heterocycles. The van der Waals surface area contributed by atoms with Crippen molar-refractivity contribution in [3.63, 3.8) is 0 Å². The molecule has 0 fully saturated rings. The number of fused-ring (bicyclic) bond motifs is 1. The van der Waals surface area contributed by atoms with Crippen LogP contribution in [0.5, 0.6) is 0 Å². The fourth-order valence-corrected chi connectivity index (χ4v) is 2.56. The van der Waals surface area contributed by atoms with Gasteiger partial charge in [-0.15, -0.1) is 10.2 Å². The third kappa shape index (κ3) is 2.89. The Hall–Kier alpha value is -2.37. The first kappa shape index (κ1) is 13.6. The lowest BCUT2D eigenvalue weighted by atomic mass is 10.0. The summed E-state index contributed by atoms with van der Waals surface area (Å²) >= 11 is 0. The smallest absolute Gasteiger partial charge is 0.251 e. The molecule has 2 aromatic rings. The van der Waals surface area contributed by atoms with Gasteiger partial charge >= 0.3 is 0 Å². The summed E-state index contributed by atoms with van der Waals surface area (Å²) in [4.78, 5) is 12.2. The lowest BCUT2D eigenvalue weighted by Crippen LogP contribution is -2.25. The monoisotopic (exact) mass is 285 g/mol. The standard InChI is InChI=1S/C15H19N5O/c1-2-20-10-18-19-14(20)9-17-15(21)12-5-6-13-11(8-12)4-3-7-16-13/h5-6,8,10,16H,2-4,7,9H2,1H3,(H,17,21). The summed E-state index contributed by atoms with van der Waals surface area (Å²) in [6.07, 6.45) is 3.80. The van der Waals surface area contributed by atoms with Crippen molar-refractivity contribution in [3.05, 3.63) is 41.5 Å². The van der Waals surface area contributed by atoms with Crippen LogP contribution in [0.25, 0.3) is 0 Å². The van der Waals surface area contributed by atoms with Crippen LogP contribution >= 0.6 is 0 Å². The molecule has 0 saturated carbocycles. The highest BCUT2D eigenvalue weighted by Gasteiger charge is 2.13. The average molecular weight is 285 g/mol. The first-order valence-electron chi connectivity index (χ1n) is 7.29. The first-order chi connectivity index (χ1) is 10.3. The van der Waals surface area contributed by atoms with E-state index in [4.69, 9.17) is 0 Å². The molecule has 0 atom stereocenters. The predicted molar refractivity (Wildman–Crippen MR) is 80.1 cm³/mol. The Balaban J connectivity index is 1.68. The van der Waals surface area contributed by atoms with Gasteiger partial charge in [-0.3, -0.25) is 4.79 Å². The molecule has 6 nitrogen and oxygen atoms in total. The number of nitrogens with zero attached hydrogens (tertiary/aromatic N) is 3. The van der Waals surface area contributed by atoms with Crippen LogP contribution in [0.4, 0.5) is 5.69 Å². The number of hydrogen-bond donors (Lipinski definition) is 2. The molecular formula is C15H19N5O. The van der Waals surface area contributed by atoms with Gasteiger partial charge in [0.15, 0.2) is 5.82 Å². The molecule has 21 heavy (non-hydrogen) atoms. The van der Waals surface area contributed by atoms with Crippen LogP contribution in [0, 0.1) is 0 Å². The average Bonchev–Trinajstić information content (AvgIpc) is 2.99. The molecule has 110 valence electrons. The molecule has 1 aliphatic rings. The van der Waals surface area contributed by atoms with Crippen LogP contribution in [0.3, 0.4) is 0 Å². The van der Waals surface area contributed by atoms with E-state index < -0.39 is 0 Å². The van der Waals surface area contributed by atoms with E-state index in [1.807, 2.05) is 29.7 Å². The second kappa shape index (κ2) is 5.95. The third-order valence-electron chi connectivity index (χ3n) is 3.75. The number of aromatic nitrogens is 3. The normalized spacial score (nSPS) is 13.4. The van der Waals surface area contributed by atoms with Gasteiger partial charge in [-0.05, 0) is 43.5 Å². The van der Waals surface area contributed by atoms with Gasteiger partial charge in [-0.25, -0.2) is 0 Å². The summed E-state index contributed by atoms with van der Waals surface area (Å²) in [5.41, 5.74) is 3.05. The van der Waals surface area contributed by atoms with Crippen molar-refractivity contribution in [1.29, 1.82) is 0 Å². The Kier molecular flexibility index (Phi) is 3.85. The van der Waals surface area contributed by atoms with Crippen LogP contribution in [0.2, 0.25) is 0 Å². The highest BCUT2D eigenvalue weighted by Crippen LogP contribution is 2.22. The Morgan fingerprint density at radius 2 is 2.38 bits per heavy atom. The van der Waals surface area contributed by atoms with Gasteiger partial charge in [-0.1, -0.05) is 0 Å². The molecule has 1 aliphatic heterocycles. The Morgan fingerprint density at radius 3 is 3.24 bits per heavy atom. The second-order valence-corrected chi connectivity index (χ2v) is 5.12. The number of aryl methyl sites for hydroxylation is 2. The van der Waals surface area contributed by atoms with Gasteiger partial charge in [-0.2, -0.15) is 0 Å². The van der Waals surface area contributed by atoms with Crippen molar-refractivity contribution in [2.24, 2.45) is 0 Å². The van der Waals surface area contributed by atoms with Crippen LogP contribution in [-0.2, 0) is 19.5 Å². The molecule has 0 aliphatic carbocycles. The molecular weight excluding hydrogens is 266 g/mol. The lowest BCUT2D eigenvalue weighted by molar-refractivity contribution is 0.0949. The van der Waals surface area contributed by atoms with Gasteiger partial charge in [0.05, 0.1) is 6.54 Å². The summed E-state index contributed by atoms with van der Waals surface area (Å²) in [6.45, 7) is 4.21. The van der Waals surface area contributed by atoms with Gasteiger partial charge in [0.2, 0.25) is 0 Å². The zero-order valence-electron chi connectivity index (χ0n) is 12.1. The summed E-state index contributed by atoms with van der Waals surface area (Å²) in [5, 5.41) is 14.1. The number of hydrogen-bond acceptors (Lipinski definition) is 4. The highest BCUT2D eigenvalue weighted by molar-refractivity contribution is 5.94. The zero-order chi connectivity index (χ0) is 14.7. The van der Waals surface area contributed by atoms with Crippen LogP contribution in [-0.4, -0.2) is 27.2 Å². The summed E-state index contributed by atoms with van der Waals surface area (Å²) in [7, 11) is 0. The van der Waals surface area contributed by atoms with Gasteiger partial charge in [0.1, 0.15) is 6.33 Å². The number of carbonyl (C=O) groups excluding carboxylic acids is 1. The maximum Gasteiger partial charge on any atom is 0.251 e. The number of nitrogens with one attached hydrogen (secondary N) is 2. The highest BCUT2D eigenvalue weighted by atomic mass is 16.1. The van der Waals surface area contributed by atoms with Crippen molar-refractivity contribution < 1.29 is 4.79 Å². The van der Waals surface area contributed by atoms with Gasteiger partial charge < -0.3 is 15.2 Å². The van der Waals surface area contributed by atoms with Crippen molar-refractivity contribution in [1.82, 2.24) is 20.1 Å².